The molecule has 1 aliphatic carbocycles. The zero-order chi connectivity index (χ0) is 13.3. The summed E-state index contributed by atoms with van der Waals surface area (Å²) in [5.74, 6) is -0.0166. The fourth-order valence-electron chi connectivity index (χ4n) is 2.07. The maximum Gasteiger partial charge on any atom is 0.232 e. The van der Waals surface area contributed by atoms with Crippen molar-refractivity contribution in [1.29, 1.82) is 0 Å². The zero-order valence-electron chi connectivity index (χ0n) is 9.99. The Morgan fingerprint density at radius 1 is 1.33 bits per heavy atom. The van der Waals surface area contributed by atoms with Gasteiger partial charge in [0.2, 0.25) is 10.0 Å². The van der Waals surface area contributed by atoms with Crippen LogP contribution in [0.2, 0.25) is 5.02 Å². The number of hydrogen-bond acceptors (Lipinski definition) is 3. The van der Waals surface area contributed by atoms with Crippen LogP contribution in [0.3, 0.4) is 0 Å². The van der Waals surface area contributed by atoms with Gasteiger partial charge in [-0.1, -0.05) is 11.6 Å². The van der Waals surface area contributed by atoms with Crippen LogP contribution in [0.5, 0.6) is 0 Å². The molecule has 0 spiro atoms. The van der Waals surface area contributed by atoms with E-state index in [0.717, 1.165) is 12.0 Å². The molecule has 0 heterocycles. The van der Waals surface area contributed by atoms with Gasteiger partial charge in [-0.15, -0.1) is 0 Å². The number of hydrogen-bond donors (Lipinski definition) is 1. The lowest BCUT2D eigenvalue weighted by molar-refractivity contribution is 0.0973. The molecule has 0 amide bonds. The highest BCUT2D eigenvalue weighted by Crippen LogP contribution is 2.33. The van der Waals surface area contributed by atoms with Gasteiger partial charge in [0.25, 0.3) is 0 Å². The molecular formula is C12H14ClNO3S. The lowest BCUT2D eigenvalue weighted by Gasteiger charge is -2.20. The fourth-order valence-corrected chi connectivity index (χ4v) is 3.02. The van der Waals surface area contributed by atoms with E-state index in [4.69, 9.17) is 11.6 Å². The minimum Gasteiger partial charge on any atom is -0.294 e. The molecule has 2 rings (SSSR count). The summed E-state index contributed by atoms with van der Waals surface area (Å²) >= 11 is 6.02. The van der Waals surface area contributed by atoms with E-state index in [2.05, 4.69) is 4.72 Å². The zero-order valence-corrected chi connectivity index (χ0v) is 11.6. The number of sulfonamides is 1. The molecule has 0 saturated carbocycles. The Kier molecular flexibility index (Phi) is 3.64. The van der Waals surface area contributed by atoms with Crippen LogP contribution in [-0.4, -0.2) is 20.0 Å². The van der Waals surface area contributed by atoms with Crippen molar-refractivity contribution >= 4 is 33.1 Å². The molecule has 1 aromatic carbocycles. The van der Waals surface area contributed by atoms with Crippen LogP contribution in [0, 0.1) is 0 Å². The van der Waals surface area contributed by atoms with E-state index < -0.39 is 10.0 Å². The summed E-state index contributed by atoms with van der Waals surface area (Å²) in [6.07, 6.45) is 1.87. The second kappa shape index (κ2) is 4.90. The van der Waals surface area contributed by atoms with E-state index in [9.17, 15) is 13.2 Å². The standard InChI is InChI=1S/C12H14ClNO3S/c1-2-18(16,17)14-10-7-6-9(13)12-8(10)4-3-5-11(12)15/h6-7,14H,2-5H2,1H3. The average molecular weight is 288 g/mol. The first-order chi connectivity index (χ1) is 8.44. The Morgan fingerprint density at radius 2 is 2.06 bits per heavy atom. The Labute approximate surface area is 111 Å². The van der Waals surface area contributed by atoms with Gasteiger partial charge in [0, 0.05) is 12.0 Å². The second-order valence-electron chi connectivity index (χ2n) is 4.23. The van der Waals surface area contributed by atoms with Crippen LogP contribution in [0.25, 0.3) is 0 Å². The third-order valence-electron chi connectivity index (χ3n) is 3.02. The molecule has 0 fully saturated rings. The second-order valence-corrected chi connectivity index (χ2v) is 6.65. The van der Waals surface area contributed by atoms with Gasteiger partial charge in [0.1, 0.15) is 0 Å². The summed E-state index contributed by atoms with van der Waals surface area (Å²) in [6.45, 7) is 1.57. The number of rotatable bonds is 3. The maximum atomic E-state index is 11.8. The Hall–Kier alpha value is -1.07. The molecule has 18 heavy (non-hydrogen) atoms. The number of halogens is 1. The number of carbonyl (C=O) groups is 1. The van der Waals surface area contributed by atoms with Gasteiger partial charge in [-0.05, 0) is 37.5 Å². The number of Topliss-reactive ketones (excluding diaryl/α,β-unsaturated/α-hetero) is 1. The Morgan fingerprint density at radius 3 is 2.72 bits per heavy atom. The first-order valence-corrected chi connectivity index (χ1v) is 7.82. The van der Waals surface area contributed by atoms with Crippen molar-refractivity contribution in [3.8, 4) is 0 Å². The maximum absolute atomic E-state index is 11.8. The van der Waals surface area contributed by atoms with Crippen molar-refractivity contribution in [2.45, 2.75) is 26.2 Å². The van der Waals surface area contributed by atoms with Crippen LogP contribution in [0.1, 0.15) is 35.7 Å². The van der Waals surface area contributed by atoms with Crippen molar-refractivity contribution in [2.24, 2.45) is 0 Å². The van der Waals surface area contributed by atoms with E-state index in [0.29, 0.717) is 29.1 Å². The molecule has 4 nitrogen and oxygen atoms in total. The van der Waals surface area contributed by atoms with E-state index in [1.54, 1.807) is 19.1 Å². The number of fused-ring (bicyclic) bond motifs is 1. The summed E-state index contributed by atoms with van der Waals surface area (Å²) in [6, 6.07) is 3.18. The summed E-state index contributed by atoms with van der Waals surface area (Å²) in [4.78, 5) is 11.8. The average Bonchev–Trinajstić information content (AvgIpc) is 2.33. The number of carbonyl (C=O) groups excluding carboxylic acids is 1. The normalized spacial score (nSPS) is 15.3. The first kappa shape index (κ1) is 13.4. The third kappa shape index (κ3) is 2.52. The number of benzene rings is 1. The first-order valence-electron chi connectivity index (χ1n) is 5.79. The molecule has 6 heteroatoms. The monoisotopic (exact) mass is 287 g/mol. The van der Waals surface area contributed by atoms with Crippen molar-refractivity contribution in [3.05, 3.63) is 28.3 Å². The summed E-state index contributed by atoms with van der Waals surface area (Å²) < 4.78 is 25.7. The SMILES string of the molecule is CCS(=O)(=O)Nc1ccc(Cl)c2c1CCCC2=O. The van der Waals surface area contributed by atoms with Gasteiger partial charge in [-0.2, -0.15) is 0 Å². The van der Waals surface area contributed by atoms with Crippen LogP contribution < -0.4 is 4.72 Å². The molecule has 0 radical (unpaired) electrons. The topological polar surface area (TPSA) is 63.2 Å². The molecule has 1 aliphatic rings. The summed E-state index contributed by atoms with van der Waals surface area (Å²) in [7, 11) is -3.34. The molecule has 0 unspecified atom stereocenters. The third-order valence-corrected chi connectivity index (χ3v) is 4.62. The molecule has 98 valence electrons. The van der Waals surface area contributed by atoms with Gasteiger partial charge in [0.05, 0.1) is 16.5 Å². The molecule has 0 aliphatic heterocycles. The van der Waals surface area contributed by atoms with Crippen molar-refractivity contribution < 1.29 is 13.2 Å². The highest BCUT2D eigenvalue weighted by atomic mass is 35.5. The largest absolute Gasteiger partial charge is 0.294 e. The number of ketones is 1. The molecule has 0 bridgehead atoms. The molecule has 0 saturated heterocycles. The quantitative estimate of drug-likeness (QED) is 0.929. The predicted octanol–water partition coefficient (Wildman–Crippen LogP) is 2.62. The van der Waals surface area contributed by atoms with Crippen molar-refractivity contribution in [2.75, 3.05) is 10.5 Å². The van der Waals surface area contributed by atoms with Crippen LogP contribution in [-0.2, 0) is 16.4 Å². The Balaban J connectivity index is 2.51. The van der Waals surface area contributed by atoms with Gasteiger partial charge < -0.3 is 0 Å². The number of nitrogens with one attached hydrogen (secondary N) is 1. The van der Waals surface area contributed by atoms with Gasteiger partial charge in [0.15, 0.2) is 5.78 Å². The molecule has 1 N–H and O–H groups in total. The van der Waals surface area contributed by atoms with E-state index in [1.165, 1.54) is 0 Å². The summed E-state index contributed by atoms with van der Waals surface area (Å²) in [5.41, 5.74) is 1.67. The van der Waals surface area contributed by atoms with Crippen LogP contribution in [0.15, 0.2) is 12.1 Å². The molecule has 1 aromatic rings. The highest BCUT2D eigenvalue weighted by Gasteiger charge is 2.24. The van der Waals surface area contributed by atoms with Crippen molar-refractivity contribution in [1.82, 2.24) is 0 Å². The number of anilines is 1. The minimum absolute atomic E-state index is 0.00164. The van der Waals surface area contributed by atoms with E-state index in [1.807, 2.05) is 0 Å². The predicted molar refractivity (Wildman–Crippen MR) is 71.8 cm³/mol. The van der Waals surface area contributed by atoms with Crippen LogP contribution >= 0.6 is 11.6 Å². The lowest BCUT2D eigenvalue weighted by Crippen LogP contribution is -2.19. The minimum atomic E-state index is -3.34. The highest BCUT2D eigenvalue weighted by molar-refractivity contribution is 7.92. The van der Waals surface area contributed by atoms with Gasteiger partial charge >= 0.3 is 0 Å². The molecule has 0 aromatic heterocycles. The summed E-state index contributed by atoms with van der Waals surface area (Å²) in [5, 5.41) is 0.397. The van der Waals surface area contributed by atoms with Gasteiger partial charge in [-0.3, -0.25) is 9.52 Å². The van der Waals surface area contributed by atoms with Crippen LogP contribution in [0.4, 0.5) is 5.69 Å². The lowest BCUT2D eigenvalue weighted by atomic mass is 9.89. The van der Waals surface area contributed by atoms with E-state index >= 15 is 0 Å². The molecular weight excluding hydrogens is 274 g/mol. The Bertz CT molecular complexity index is 596. The van der Waals surface area contributed by atoms with Gasteiger partial charge in [-0.25, -0.2) is 8.42 Å². The van der Waals surface area contributed by atoms with Crippen molar-refractivity contribution in [3.63, 3.8) is 0 Å². The van der Waals surface area contributed by atoms with E-state index in [-0.39, 0.29) is 11.5 Å². The smallest absolute Gasteiger partial charge is 0.232 e. The molecule has 0 atom stereocenters. The fraction of sp³-hybridized carbons (Fsp3) is 0.417.